The average Bonchev–Trinajstić information content (AvgIpc) is 2.81. The number of nitrogens with one attached hydrogen (secondary N) is 1. The molecular formula is C14H25NO3S2. The van der Waals surface area contributed by atoms with Crippen molar-refractivity contribution in [3.05, 3.63) is 15.8 Å². The Balaban J connectivity index is 2.71. The van der Waals surface area contributed by atoms with Crippen molar-refractivity contribution < 1.29 is 13.5 Å². The lowest BCUT2D eigenvalue weighted by atomic mass is 10.00. The van der Waals surface area contributed by atoms with Gasteiger partial charge in [-0.1, -0.05) is 33.1 Å². The molecule has 1 unspecified atom stereocenters. The van der Waals surface area contributed by atoms with Crippen molar-refractivity contribution in [2.75, 3.05) is 6.54 Å². The fourth-order valence-corrected chi connectivity index (χ4v) is 4.73. The normalized spacial score (nSPS) is 13.6. The van der Waals surface area contributed by atoms with Gasteiger partial charge >= 0.3 is 0 Å². The number of hydrogen-bond acceptors (Lipinski definition) is 4. The second kappa shape index (κ2) is 8.12. The molecule has 20 heavy (non-hydrogen) atoms. The van der Waals surface area contributed by atoms with Gasteiger partial charge in [0.1, 0.15) is 0 Å². The van der Waals surface area contributed by atoms with Crippen LogP contribution in [0.3, 0.4) is 0 Å². The molecule has 1 rings (SSSR count). The molecule has 0 aliphatic carbocycles. The van der Waals surface area contributed by atoms with E-state index >= 15 is 0 Å². The first kappa shape index (κ1) is 17.6. The van der Waals surface area contributed by atoms with Gasteiger partial charge in [0.2, 0.25) is 10.0 Å². The maximum atomic E-state index is 12.3. The van der Waals surface area contributed by atoms with Crippen LogP contribution in [-0.4, -0.2) is 20.1 Å². The molecule has 4 nitrogen and oxygen atoms in total. The lowest BCUT2D eigenvalue weighted by molar-refractivity contribution is 0.285. The number of aryl methyl sites for hydroxylation is 1. The zero-order valence-corrected chi connectivity index (χ0v) is 14.1. The van der Waals surface area contributed by atoms with E-state index in [4.69, 9.17) is 5.11 Å². The number of sulfonamides is 1. The molecule has 116 valence electrons. The predicted octanol–water partition coefficient (Wildman–Crippen LogP) is 3.04. The summed E-state index contributed by atoms with van der Waals surface area (Å²) in [5.74, 6) is 0.390. The largest absolute Gasteiger partial charge is 0.391 e. The predicted molar refractivity (Wildman–Crippen MR) is 83.5 cm³/mol. The first-order valence-electron chi connectivity index (χ1n) is 7.14. The molecule has 0 spiro atoms. The standard InChI is InChI=1S/C14H25NO3S2/c1-4-6-7-12(5-2)9-15-20(17,18)14-8-13(10-16)19-11(14)3/h8,12,15-16H,4-7,9-10H2,1-3H3. The highest BCUT2D eigenvalue weighted by molar-refractivity contribution is 7.89. The molecule has 0 amide bonds. The Morgan fingerprint density at radius 3 is 2.60 bits per heavy atom. The minimum atomic E-state index is -3.46. The molecule has 0 fully saturated rings. The lowest BCUT2D eigenvalue weighted by Crippen LogP contribution is -2.29. The highest BCUT2D eigenvalue weighted by Gasteiger charge is 2.20. The van der Waals surface area contributed by atoms with Gasteiger partial charge in [-0.15, -0.1) is 11.3 Å². The van der Waals surface area contributed by atoms with E-state index in [9.17, 15) is 8.42 Å². The smallest absolute Gasteiger partial charge is 0.241 e. The van der Waals surface area contributed by atoms with Crippen molar-refractivity contribution in [3.63, 3.8) is 0 Å². The Morgan fingerprint density at radius 1 is 1.40 bits per heavy atom. The van der Waals surface area contributed by atoms with E-state index < -0.39 is 10.0 Å². The minimum absolute atomic E-state index is 0.116. The summed E-state index contributed by atoms with van der Waals surface area (Å²) in [4.78, 5) is 1.71. The summed E-state index contributed by atoms with van der Waals surface area (Å²) in [6, 6.07) is 1.56. The van der Waals surface area contributed by atoms with Crippen molar-refractivity contribution in [1.82, 2.24) is 4.72 Å². The van der Waals surface area contributed by atoms with Crippen molar-refractivity contribution >= 4 is 21.4 Å². The van der Waals surface area contributed by atoms with Crippen molar-refractivity contribution in [3.8, 4) is 0 Å². The topological polar surface area (TPSA) is 66.4 Å². The van der Waals surface area contributed by atoms with Crippen LogP contribution >= 0.6 is 11.3 Å². The molecule has 6 heteroatoms. The van der Waals surface area contributed by atoms with Gasteiger partial charge in [0.15, 0.2) is 0 Å². The Labute approximate surface area is 126 Å². The minimum Gasteiger partial charge on any atom is -0.391 e. The van der Waals surface area contributed by atoms with Gasteiger partial charge in [-0.05, 0) is 25.3 Å². The fraction of sp³-hybridized carbons (Fsp3) is 0.714. The SMILES string of the molecule is CCCCC(CC)CNS(=O)(=O)c1cc(CO)sc1C. The van der Waals surface area contributed by atoms with Crippen molar-refractivity contribution in [1.29, 1.82) is 0 Å². The zero-order chi connectivity index (χ0) is 15.2. The molecule has 0 radical (unpaired) electrons. The van der Waals surface area contributed by atoms with Crippen LogP contribution in [0, 0.1) is 12.8 Å². The van der Waals surface area contributed by atoms with Crippen LogP contribution in [0.15, 0.2) is 11.0 Å². The van der Waals surface area contributed by atoms with E-state index in [1.54, 1.807) is 13.0 Å². The highest BCUT2D eigenvalue weighted by atomic mass is 32.2. The van der Waals surface area contributed by atoms with Crippen LogP contribution in [0.4, 0.5) is 0 Å². The molecule has 0 aromatic carbocycles. The first-order chi connectivity index (χ1) is 9.44. The fourth-order valence-electron chi connectivity index (χ4n) is 2.12. The number of rotatable bonds is 9. The molecule has 0 aliphatic heterocycles. The quantitative estimate of drug-likeness (QED) is 0.735. The number of aliphatic hydroxyl groups excluding tert-OH is 1. The molecule has 1 aromatic rings. The zero-order valence-electron chi connectivity index (χ0n) is 12.5. The molecule has 1 atom stereocenters. The van der Waals surface area contributed by atoms with Crippen LogP contribution in [-0.2, 0) is 16.6 Å². The Bertz CT molecular complexity index is 508. The van der Waals surface area contributed by atoms with Crippen molar-refractivity contribution in [2.24, 2.45) is 5.92 Å². The van der Waals surface area contributed by atoms with E-state index in [1.807, 2.05) is 0 Å². The Morgan fingerprint density at radius 2 is 2.10 bits per heavy atom. The highest BCUT2D eigenvalue weighted by Crippen LogP contribution is 2.25. The third-order valence-electron chi connectivity index (χ3n) is 3.47. The monoisotopic (exact) mass is 319 g/mol. The van der Waals surface area contributed by atoms with Gasteiger partial charge in [-0.3, -0.25) is 0 Å². The molecule has 0 aliphatic rings. The third kappa shape index (κ3) is 4.84. The van der Waals surface area contributed by atoms with Gasteiger partial charge in [0, 0.05) is 16.3 Å². The van der Waals surface area contributed by atoms with Crippen LogP contribution in [0.25, 0.3) is 0 Å². The first-order valence-corrected chi connectivity index (χ1v) is 9.44. The Hall–Kier alpha value is -0.430. The Kier molecular flexibility index (Phi) is 7.15. The number of hydrogen-bond donors (Lipinski definition) is 2. The van der Waals surface area contributed by atoms with E-state index in [1.165, 1.54) is 11.3 Å². The van der Waals surface area contributed by atoms with Crippen LogP contribution in [0.2, 0.25) is 0 Å². The number of aliphatic hydroxyl groups is 1. The van der Waals surface area contributed by atoms with E-state index in [0.717, 1.165) is 30.6 Å². The van der Waals surface area contributed by atoms with E-state index in [0.29, 0.717) is 22.2 Å². The molecule has 1 heterocycles. The van der Waals surface area contributed by atoms with E-state index in [-0.39, 0.29) is 6.61 Å². The lowest BCUT2D eigenvalue weighted by Gasteiger charge is -2.15. The summed E-state index contributed by atoms with van der Waals surface area (Å²) in [5.41, 5.74) is 0. The summed E-state index contributed by atoms with van der Waals surface area (Å²) < 4.78 is 27.3. The molecule has 0 saturated carbocycles. The van der Waals surface area contributed by atoms with Gasteiger partial charge in [0.25, 0.3) is 0 Å². The molecular weight excluding hydrogens is 294 g/mol. The van der Waals surface area contributed by atoms with Crippen LogP contribution in [0.1, 0.15) is 49.3 Å². The second-order valence-corrected chi connectivity index (χ2v) is 8.14. The van der Waals surface area contributed by atoms with Crippen LogP contribution < -0.4 is 4.72 Å². The van der Waals surface area contributed by atoms with Gasteiger partial charge in [-0.2, -0.15) is 0 Å². The maximum absolute atomic E-state index is 12.3. The van der Waals surface area contributed by atoms with Gasteiger partial charge < -0.3 is 5.11 Å². The summed E-state index contributed by atoms with van der Waals surface area (Å²) in [6.45, 7) is 6.38. The molecule has 2 N–H and O–H groups in total. The summed E-state index contributed by atoms with van der Waals surface area (Å²) in [5, 5.41) is 9.09. The molecule has 1 aromatic heterocycles. The van der Waals surface area contributed by atoms with E-state index in [2.05, 4.69) is 18.6 Å². The second-order valence-electron chi connectivity index (χ2n) is 5.06. The van der Waals surface area contributed by atoms with Gasteiger partial charge in [0.05, 0.1) is 11.5 Å². The summed E-state index contributed by atoms with van der Waals surface area (Å²) >= 11 is 1.33. The summed E-state index contributed by atoms with van der Waals surface area (Å²) in [7, 11) is -3.46. The van der Waals surface area contributed by atoms with Crippen molar-refractivity contribution in [2.45, 2.75) is 58.0 Å². The van der Waals surface area contributed by atoms with Crippen LogP contribution in [0.5, 0.6) is 0 Å². The number of unbranched alkanes of at least 4 members (excludes halogenated alkanes) is 1. The van der Waals surface area contributed by atoms with Gasteiger partial charge in [-0.25, -0.2) is 13.1 Å². The number of thiophene rings is 1. The molecule has 0 saturated heterocycles. The maximum Gasteiger partial charge on any atom is 0.241 e. The average molecular weight is 319 g/mol. The third-order valence-corrected chi connectivity index (χ3v) is 6.19. The molecule has 0 bridgehead atoms. The summed E-state index contributed by atoms with van der Waals surface area (Å²) in [6.07, 6.45) is 4.30.